The van der Waals surface area contributed by atoms with Crippen LogP contribution in [-0.4, -0.2) is 27.5 Å². The van der Waals surface area contributed by atoms with E-state index in [1.165, 1.54) is 0 Å². The van der Waals surface area contributed by atoms with Gasteiger partial charge >= 0.3 is 0 Å². The first-order chi connectivity index (χ1) is 6.31. The Morgan fingerprint density at radius 3 is 3.23 bits per heavy atom. The second-order valence-corrected chi connectivity index (χ2v) is 3.62. The highest BCUT2D eigenvalue weighted by atomic mass is 35.5. The van der Waals surface area contributed by atoms with Crippen LogP contribution in [0.1, 0.15) is 18.2 Å². The summed E-state index contributed by atoms with van der Waals surface area (Å²) in [4.78, 5) is 0. The Morgan fingerprint density at radius 1 is 1.77 bits per heavy atom. The van der Waals surface area contributed by atoms with Crippen molar-refractivity contribution >= 4 is 11.6 Å². The van der Waals surface area contributed by atoms with Crippen LogP contribution >= 0.6 is 11.6 Å². The SMILES string of the molecule is Cn1cc(C2OCCC2CCl)nn1. The molecule has 0 spiro atoms. The lowest BCUT2D eigenvalue weighted by Gasteiger charge is -2.12. The third-order valence-electron chi connectivity index (χ3n) is 2.32. The fourth-order valence-electron chi connectivity index (χ4n) is 1.61. The van der Waals surface area contributed by atoms with E-state index in [2.05, 4.69) is 10.3 Å². The van der Waals surface area contributed by atoms with Gasteiger partial charge in [0.2, 0.25) is 0 Å². The van der Waals surface area contributed by atoms with Crippen LogP contribution < -0.4 is 0 Å². The average molecular weight is 202 g/mol. The molecule has 0 aliphatic carbocycles. The van der Waals surface area contributed by atoms with Gasteiger partial charge in [0.25, 0.3) is 0 Å². The number of aryl methyl sites for hydroxylation is 1. The number of ether oxygens (including phenoxy) is 1. The molecule has 2 atom stereocenters. The molecule has 2 unspecified atom stereocenters. The number of hydrogen-bond acceptors (Lipinski definition) is 3. The van der Waals surface area contributed by atoms with E-state index in [1.54, 1.807) is 4.68 Å². The highest BCUT2D eigenvalue weighted by Gasteiger charge is 2.30. The van der Waals surface area contributed by atoms with Crippen LogP contribution in [0.15, 0.2) is 6.20 Å². The molecule has 0 radical (unpaired) electrons. The van der Waals surface area contributed by atoms with Crippen molar-refractivity contribution in [2.24, 2.45) is 13.0 Å². The number of hydrogen-bond donors (Lipinski definition) is 0. The van der Waals surface area contributed by atoms with Gasteiger partial charge in [0.1, 0.15) is 11.8 Å². The Labute approximate surface area is 81.8 Å². The minimum absolute atomic E-state index is 0.0474. The van der Waals surface area contributed by atoms with Crippen LogP contribution in [0.3, 0.4) is 0 Å². The van der Waals surface area contributed by atoms with Crippen molar-refractivity contribution in [2.75, 3.05) is 12.5 Å². The summed E-state index contributed by atoms with van der Waals surface area (Å²) in [5.74, 6) is 1.01. The highest BCUT2D eigenvalue weighted by molar-refractivity contribution is 6.18. The number of aromatic nitrogens is 3. The van der Waals surface area contributed by atoms with Crippen LogP contribution in [0, 0.1) is 5.92 Å². The monoisotopic (exact) mass is 201 g/mol. The van der Waals surface area contributed by atoms with Gasteiger partial charge in [0.05, 0.1) is 6.20 Å². The molecule has 1 aromatic rings. The van der Waals surface area contributed by atoms with Gasteiger partial charge in [-0.3, -0.25) is 4.68 Å². The maximum atomic E-state index is 5.82. The van der Waals surface area contributed by atoms with Gasteiger partial charge in [0, 0.05) is 25.5 Å². The van der Waals surface area contributed by atoms with Gasteiger partial charge in [0.15, 0.2) is 0 Å². The second kappa shape index (κ2) is 3.64. The van der Waals surface area contributed by atoms with Gasteiger partial charge in [-0.15, -0.1) is 16.7 Å². The molecule has 4 nitrogen and oxygen atoms in total. The van der Waals surface area contributed by atoms with Crippen molar-refractivity contribution in [1.82, 2.24) is 15.0 Å². The molecule has 0 aromatic carbocycles. The van der Waals surface area contributed by atoms with Crippen LogP contribution in [0.25, 0.3) is 0 Å². The predicted octanol–water partition coefficient (Wildman–Crippen LogP) is 1.13. The van der Waals surface area contributed by atoms with E-state index in [0.717, 1.165) is 18.7 Å². The molecule has 0 N–H and O–H groups in total. The van der Waals surface area contributed by atoms with Gasteiger partial charge in [-0.1, -0.05) is 5.21 Å². The first-order valence-corrected chi connectivity index (χ1v) is 4.88. The summed E-state index contributed by atoms with van der Waals surface area (Å²) in [5.41, 5.74) is 0.894. The molecule has 2 rings (SSSR count). The van der Waals surface area contributed by atoms with Crippen molar-refractivity contribution in [3.8, 4) is 0 Å². The van der Waals surface area contributed by atoms with E-state index in [0.29, 0.717) is 11.8 Å². The molecule has 1 saturated heterocycles. The minimum Gasteiger partial charge on any atom is -0.371 e. The molecular weight excluding hydrogens is 190 g/mol. The van der Waals surface area contributed by atoms with Crippen LogP contribution in [0.4, 0.5) is 0 Å². The Kier molecular flexibility index (Phi) is 2.51. The lowest BCUT2D eigenvalue weighted by Crippen LogP contribution is -2.09. The van der Waals surface area contributed by atoms with Crippen molar-refractivity contribution in [2.45, 2.75) is 12.5 Å². The quantitative estimate of drug-likeness (QED) is 0.674. The fraction of sp³-hybridized carbons (Fsp3) is 0.750. The maximum Gasteiger partial charge on any atom is 0.112 e. The molecular formula is C8H12ClN3O. The standard InChI is InChI=1S/C8H12ClN3O/c1-12-5-7(10-11-12)8-6(4-9)2-3-13-8/h5-6,8H,2-4H2,1H3. The van der Waals surface area contributed by atoms with E-state index in [4.69, 9.17) is 16.3 Å². The number of alkyl halides is 1. The smallest absolute Gasteiger partial charge is 0.112 e. The summed E-state index contributed by atoms with van der Waals surface area (Å²) in [6.07, 6.45) is 2.95. The Hall–Kier alpha value is -0.610. The van der Waals surface area contributed by atoms with E-state index in [-0.39, 0.29) is 6.10 Å². The molecule has 1 fully saturated rings. The Bertz CT molecular complexity index is 289. The topological polar surface area (TPSA) is 39.9 Å². The molecule has 1 aliphatic heterocycles. The third-order valence-corrected chi connectivity index (χ3v) is 2.72. The summed E-state index contributed by atoms with van der Waals surface area (Å²) < 4.78 is 7.24. The number of nitrogens with zero attached hydrogens (tertiary/aromatic N) is 3. The normalized spacial score (nSPS) is 28.2. The maximum absolute atomic E-state index is 5.82. The van der Waals surface area contributed by atoms with Crippen LogP contribution in [-0.2, 0) is 11.8 Å². The summed E-state index contributed by atoms with van der Waals surface area (Å²) in [6.45, 7) is 0.776. The summed E-state index contributed by atoms with van der Waals surface area (Å²) >= 11 is 5.82. The molecule has 0 saturated carbocycles. The van der Waals surface area contributed by atoms with Gasteiger partial charge in [-0.25, -0.2) is 0 Å². The lowest BCUT2D eigenvalue weighted by atomic mass is 10.0. The number of halogens is 1. The molecule has 1 aromatic heterocycles. The third kappa shape index (κ3) is 1.69. The number of rotatable bonds is 2. The molecule has 13 heavy (non-hydrogen) atoms. The Morgan fingerprint density at radius 2 is 2.62 bits per heavy atom. The highest BCUT2D eigenvalue weighted by Crippen LogP contribution is 2.33. The zero-order chi connectivity index (χ0) is 9.26. The van der Waals surface area contributed by atoms with Crippen molar-refractivity contribution in [3.63, 3.8) is 0 Å². The van der Waals surface area contributed by atoms with Crippen LogP contribution in [0.2, 0.25) is 0 Å². The average Bonchev–Trinajstić information content (AvgIpc) is 2.71. The van der Waals surface area contributed by atoms with E-state index in [9.17, 15) is 0 Å². The molecule has 0 amide bonds. The zero-order valence-corrected chi connectivity index (χ0v) is 8.24. The summed E-state index contributed by atoms with van der Waals surface area (Å²) in [7, 11) is 1.85. The molecule has 72 valence electrons. The lowest BCUT2D eigenvalue weighted by molar-refractivity contribution is 0.0916. The summed E-state index contributed by atoms with van der Waals surface area (Å²) in [5, 5.41) is 7.90. The van der Waals surface area contributed by atoms with Gasteiger partial charge < -0.3 is 4.74 Å². The van der Waals surface area contributed by atoms with Gasteiger partial charge in [-0.05, 0) is 6.42 Å². The second-order valence-electron chi connectivity index (χ2n) is 3.31. The van der Waals surface area contributed by atoms with Gasteiger partial charge in [-0.2, -0.15) is 0 Å². The van der Waals surface area contributed by atoms with Crippen molar-refractivity contribution in [1.29, 1.82) is 0 Å². The minimum atomic E-state index is 0.0474. The molecule has 2 heterocycles. The van der Waals surface area contributed by atoms with E-state index >= 15 is 0 Å². The van der Waals surface area contributed by atoms with E-state index < -0.39 is 0 Å². The molecule has 1 aliphatic rings. The predicted molar refractivity (Wildman–Crippen MR) is 48.5 cm³/mol. The summed E-state index contributed by atoms with van der Waals surface area (Å²) in [6, 6.07) is 0. The first-order valence-electron chi connectivity index (χ1n) is 4.35. The van der Waals surface area contributed by atoms with Crippen molar-refractivity contribution < 1.29 is 4.74 Å². The van der Waals surface area contributed by atoms with Crippen LogP contribution in [0.5, 0.6) is 0 Å². The molecule has 5 heteroatoms. The largest absolute Gasteiger partial charge is 0.371 e. The fourth-order valence-corrected chi connectivity index (χ4v) is 1.93. The zero-order valence-electron chi connectivity index (χ0n) is 7.48. The van der Waals surface area contributed by atoms with Crippen molar-refractivity contribution in [3.05, 3.63) is 11.9 Å². The first kappa shape index (κ1) is 8.97. The van der Waals surface area contributed by atoms with E-state index in [1.807, 2.05) is 13.2 Å². The Balaban J connectivity index is 2.15. The molecule has 0 bridgehead atoms.